The van der Waals surface area contributed by atoms with E-state index in [1.807, 2.05) is 25.2 Å². The van der Waals surface area contributed by atoms with Gasteiger partial charge in [-0.25, -0.2) is 0 Å². The zero-order valence-corrected chi connectivity index (χ0v) is 7.67. The van der Waals surface area contributed by atoms with Crippen LogP contribution in [0.2, 0.25) is 0 Å². The highest BCUT2D eigenvalue weighted by molar-refractivity contribution is 5.23. The molecule has 0 aromatic heterocycles. The Bertz CT molecular complexity index is 227. The molecule has 1 rings (SSSR count). The molecule has 66 valence electrons. The van der Waals surface area contributed by atoms with Crippen molar-refractivity contribution in [1.29, 1.82) is 0 Å². The number of rotatable bonds is 3. The fourth-order valence-electron chi connectivity index (χ4n) is 1.17. The van der Waals surface area contributed by atoms with E-state index < -0.39 is 0 Å². The van der Waals surface area contributed by atoms with Gasteiger partial charge in [-0.3, -0.25) is 0 Å². The van der Waals surface area contributed by atoms with Crippen LogP contribution in [0.1, 0.15) is 12.5 Å². The second-order valence-electron chi connectivity index (χ2n) is 3.15. The molecule has 0 aliphatic rings. The van der Waals surface area contributed by atoms with Gasteiger partial charge >= 0.3 is 0 Å². The number of hydrogen-bond acceptors (Lipinski definition) is 2. The largest absolute Gasteiger partial charge is 0.328 e. The first-order valence-electron chi connectivity index (χ1n) is 4.17. The van der Waals surface area contributed by atoms with Crippen molar-refractivity contribution in [2.24, 2.45) is 5.73 Å². The van der Waals surface area contributed by atoms with Crippen molar-refractivity contribution >= 4 is 0 Å². The van der Waals surface area contributed by atoms with Gasteiger partial charge in [0.15, 0.2) is 0 Å². The fraction of sp³-hybridized carbons (Fsp3) is 0.400. The molecule has 0 saturated heterocycles. The maximum absolute atomic E-state index is 5.69. The molecule has 0 saturated carbocycles. The van der Waals surface area contributed by atoms with Gasteiger partial charge in [0.2, 0.25) is 0 Å². The summed E-state index contributed by atoms with van der Waals surface area (Å²) in [5, 5.41) is 3.22. The first-order valence-corrected chi connectivity index (χ1v) is 4.17. The molecule has 0 amide bonds. The van der Waals surface area contributed by atoms with Gasteiger partial charge in [-0.1, -0.05) is 30.3 Å². The van der Waals surface area contributed by atoms with Gasteiger partial charge in [-0.2, -0.15) is 0 Å². The van der Waals surface area contributed by atoms with Crippen molar-refractivity contribution in [1.82, 2.24) is 5.32 Å². The van der Waals surface area contributed by atoms with E-state index in [9.17, 15) is 0 Å². The van der Waals surface area contributed by atoms with Crippen LogP contribution in [-0.4, -0.2) is 13.6 Å². The Morgan fingerprint density at radius 3 is 2.33 bits per heavy atom. The van der Waals surface area contributed by atoms with Crippen LogP contribution in [0.4, 0.5) is 0 Å². The van der Waals surface area contributed by atoms with Crippen molar-refractivity contribution in [3.05, 3.63) is 35.9 Å². The van der Waals surface area contributed by atoms with Crippen LogP contribution < -0.4 is 11.1 Å². The monoisotopic (exact) mass is 164 g/mol. The second kappa shape index (κ2) is 3.70. The summed E-state index contributed by atoms with van der Waals surface area (Å²) in [6, 6.07) is 10.2. The highest BCUT2D eigenvalue weighted by Crippen LogP contribution is 2.17. The number of likely N-dealkylation sites (N-methyl/N-ethyl adjacent to an activating group) is 1. The molecule has 0 aliphatic heterocycles. The van der Waals surface area contributed by atoms with Crippen LogP contribution in [0.25, 0.3) is 0 Å². The molecule has 0 fully saturated rings. The van der Waals surface area contributed by atoms with E-state index in [2.05, 4.69) is 24.4 Å². The summed E-state index contributed by atoms with van der Waals surface area (Å²) >= 11 is 0. The van der Waals surface area contributed by atoms with Crippen molar-refractivity contribution in [3.63, 3.8) is 0 Å². The van der Waals surface area contributed by atoms with E-state index in [1.165, 1.54) is 5.56 Å². The minimum atomic E-state index is -0.0960. The van der Waals surface area contributed by atoms with E-state index in [1.54, 1.807) is 0 Å². The molecule has 1 aromatic rings. The predicted octanol–water partition coefficient (Wildman–Crippen LogP) is 1.08. The summed E-state index contributed by atoms with van der Waals surface area (Å²) in [5.74, 6) is 0. The zero-order chi connectivity index (χ0) is 9.03. The Morgan fingerprint density at radius 1 is 1.33 bits per heavy atom. The smallest absolute Gasteiger partial charge is 0.0527 e. The molecule has 0 heterocycles. The second-order valence-corrected chi connectivity index (χ2v) is 3.15. The van der Waals surface area contributed by atoms with Crippen molar-refractivity contribution in [2.75, 3.05) is 13.6 Å². The Morgan fingerprint density at radius 2 is 1.92 bits per heavy atom. The Balaban J connectivity index is 2.95. The molecule has 0 aliphatic carbocycles. The number of nitrogens with two attached hydrogens (primary N) is 1. The van der Waals surface area contributed by atoms with E-state index >= 15 is 0 Å². The minimum Gasteiger partial charge on any atom is -0.328 e. The summed E-state index contributed by atoms with van der Waals surface area (Å²) in [5.41, 5.74) is 6.82. The highest BCUT2D eigenvalue weighted by Gasteiger charge is 2.21. The topological polar surface area (TPSA) is 38.0 Å². The van der Waals surface area contributed by atoms with Crippen molar-refractivity contribution < 1.29 is 0 Å². The quantitative estimate of drug-likeness (QED) is 0.701. The summed E-state index contributed by atoms with van der Waals surface area (Å²) < 4.78 is 0. The van der Waals surface area contributed by atoms with Crippen LogP contribution in [0.15, 0.2) is 30.3 Å². The highest BCUT2D eigenvalue weighted by atomic mass is 15.0. The van der Waals surface area contributed by atoms with Crippen LogP contribution in [0.3, 0.4) is 0 Å². The fourth-order valence-corrected chi connectivity index (χ4v) is 1.17. The number of nitrogens with one attached hydrogen (secondary N) is 1. The van der Waals surface area contributed by atoms with E-state index in [4.69, 9.17) is 5.73 Å². The van der Waals surface area contributed by atoms with Crippen LogP contribution in [0, 0.1) is 0 Å². The molecule has 1 atom stereocenters. The van der Waals surface area contributed by atoms with Crippen LogP contribution in [0.5, 0.6) is 0 Å². The summed E-state index contributed by atoms with van der Waals surface area (Å²) in [7, 11) is 1.93. The van der Waals surface area contributed by atoms with Crippen molar-refractivity contribution in [2.45, 2.75) is 12.5 Å². The normalized spacial score (nSPS) is 15.6. The molecule has 1 unspecified atom stereocenters. The lowest BCUT2D eigenvalue weighted by Gasteiger charge is -2.27. The molecule has 2 heteroatoms. The Hall–Kier alpha value is -0.860. The predicted molar refractivity (Wildman–Crippen MR) is 51.9 cm³/mol. The van der Waals surface area contributed by atoms with Gasteiger partial charge in [0, 0.05) is 6.54 Å². The third kappa shape index (κ3) is 1.65. The van der Waals surface area contributed by atoms with Gasteiger partial charge in [-0.15, -0.1) is 0 Å². The van der Waals surface area contributed by atoms with Crippen LogP contribution in [-0.2, 0) is 5.54 Å². The molecule has 0 bridgehead atoms. The molecule has 1 aromatic carbocycles. The van der Waals surface area contributed by atoms with Gasteiger partial charge in [-0.05, 0) is 19.5 Å². The number of hydrogen-bond donors (Lipinski definition) is 2. The third-order valence-corrected chi connectivity index (χ3v) is 2.37. The van der Waals surface area contributed by atoms with Gasteiger partial charge in [0.05, 0.1) is 5.54 Å². The molecule has 3 N–H and O–H groups in total. The summed E-state index contributed by atoms with van der Waals surface area (Å²) in [6.07, 6.45) is 0. The molecular formula is C10H16N2. The van der Waals surface area contributed by atoms with E-state index in [0.29, 0.717) is 6.54 Å². The van der Waals surface area contributed by atoms with E-state index in [-0.39, 0.29) is 5.54 Å². The Labute approximate surface area is 73.8 Å². The standard InChI is InChI=1S/C10H16N2/c1-10(8-11,12-2)9-6-4-3-5-7-9/h3-7,12H,8,11H2,1-2H3. The van der Waals surface area contributed by atoms with E-state index in [0.717, 1.165) is 0 Å². The number of benzene rings is 1. The lowest BCUT2D eigenvalue weighted by Crippen LogP contribution is -2.43. The van der Waals surface area contributed by atoms with Gasteiger partial charge < -0.3 is 11.1 Å². The molecule has 0 spiro atoms. The third-order valence-electron chi connectivity index (χ3n) is 2.37. The lowest BCUT2D eigenvalue weighted by atomic mass is 9.92. The first kappa shape index (κ1) is 9.23. The average Bonchev–Trinajstić information content (AvgIpc) is 2.18. The molecular weight excluding hydrogens is 148 g/mol. The van der Waals surface area contributed by atoms with Gasteiger partial charge in [0.25, 0.3) is 0 Å². The van der Waals surface area contributed by atoms with Crippen LogP contribution >= 0.6 is 0 Å². The average molecular weight is 164 g/mol. The molecule has 12 heavy (non-hydrogen) atoms. The van der Waals surface area contributed by atoms with Crippen molar-refractivity contribution in [3.8, 4) is 0 Å². The first-order chi connectivity index (χ1) is 5.73. The zero-order valence-electron chi connectivity index (χ0n) is 7.67. The molecule has 0 radical (unpaired) electrons. The molecule has 2 nitrogen and oxygen atoms in total. The Kier molecular flexibility index (Phi) is 2.84. The minimum absolute atomic E-state index is 0.0960. The maximum Gasteiger partial charge on any atom is 0.0527 e. The lowest BCUT2D eigenvalue weighted by molar-refractivity contribution is 0.411. The SMILES string of the molecule is CNC(C)(CN)c1ccccc1. The summed E-state index contributed by atoms with van der Waals surface area (Å²) in [6.45, 7) is 2.70. The summed E-state index contributed by atoms with van der Waals surface area (Å²) in [4.78, 5) is 0. The van der Waals surface area contributed by atoms with Gasteiger partial charge in [0.1, 0.15) is 0 Å². The maximum atomic E-state index is 5.69.